The Morgan fingerprint density at radius 2 is 1.43 bits per heavy atom. The molecule has 0 aliphatic rings. The first-order chi connectivity index (χ1) is 1.73. The first kappa shape index (κ1) is 25.1. The van der Waals surface area contributed by atoms with E-state index in [2.05, 4.69) is 0 Å². The fourth-order valence-electron chi connectivity index (χ4n) is 0. The molecule has 5 heteroatoms. The van der Waals surface area contributed by atoms with Crippen molar-refractivity contribution >= 4 is 5.97 Å². The Morgan fingerprint density at radius 1 is 1.43 bits per heavy atom. The van der Waals surface area contributed by atoms with Gasteiger partial charge in [-0.3, -0.25) is 0 Å². The van der Waals surface area contributed by atoms with Crippen molar-refractivity contribution in [2.45, 2.75) is 6.92 Å². The van der Waals surface area contributed by atoms with Gasteiger partial charge in [-0.05, 0) is 6.92 Å². The second kappa shape index (κ2) is 15.9. The van der Waals surface area contributed by atoms with Crippen LogP contribution < -0.4 is 29.9 Å². The molecule has 0 N–H and O–H groups in total. The fourth-order valence-corrected chi connectivity index (χ4v) is 0. The first-order valence-corrected chi connectivity index (χ1v) is 0.908. The summed E-state index contributed by atoms with van der Waals surface area (Å²) in [5, 5.41) is 8.89. The molecule has 0 saturated heterocycles. The summed E-state index contributed by atoms with van der Waals surface area (Å²) in [6.07, 6.45) is 0. The Balaban J connectivity index is -0.0000000150. The molecule has 0 fully saturated rings. The zero-order valence-electron chi connectivity index (χ0n) is 3.57. The number of carbonyl (C=O) groups is 1. The van der Waals surface area contributed by atoms with Crippen LogP contribution in [0.2, 0.25) is 0 Å². The van der Waals surface area contributed by atoms with Crippen LogP contribution in [0.15, 0.2) is 0 Å². The summed E-state index contributed by atoms with van der Waals surface area (Å²) in [7, 11) is 0. The molecule has 0 unspecified atom stereocenters. The van der Waals surface area contributed by atoms with Crippen LogP contribution in [0.1, 0.15) is 6.92 Å². The number of hydrogen-bond donors (Lipinski definition) is 0. The maximum absolute atomic E-state index is 8.89. The molecule has 0 rings (SSSR count). The molecule has 0 aliphatic heterocycles. The van der Waals surface area contributed by atoms with Crippen molar-refractivity contribution in [3.05, 3.63) is 0 Å². The van der Waals surface area contributed by atoms with Crippen LogP contribution in [0.3, 0.4) is 0 Å². The van der Waals surface area contributed by atoms with Crippen LogP contribution >= 0.6 is 0 Å². The molecule has 0 saturated carbocycles. The molecule has 0 spiro atoms. The predicted molar refractivity (Wildman–Crippen MR) is 10.7 cm³/mol. The minimum atomic E-state index is -1.08. The van der Waals surface area contributed by atoms with Gasteiger partial charge in [-0.15, -0.1) is 0 Å². The Morgan fingerprint density at radius 3 is 1.43 bits per heavy atom. The van der Waals surface area contributed by atoms with Gasteiger partial charge in [0.1, 0.15) is 0 Å². The minimum absolute atomic E-state index is 0. The van der Waals surface area contributed by atoms with Gasteiger partial charge in [0.05, 0.1) is 0 Å². The molecule has 0 atom stereocenters. The molecule has 7 heavy (non-hydrogen) atoms. The largest absolute Gasteiger partial charge is 3.00 e. The number of carbonyl (C=O) groups excluding carboxylic acids is 1. The summed E-state index contributed by atoms with van der Waals surface area (Å²) < 4.78 is 0. The Kier molecular flexibility index (Phi) is 56.8. The molecule has 0 bridgehead atoms. The maximum atomic E-state index is 8.89. The number of carboxylic acid groups (broad SMARTS) is 1. The van der Waals surface area contributed by atoms with Gasteiger partial charge in [-0.2, -0.15) is 0 Å². The molecular weight excluding hydrogens is 175 g/mol. The Bertz CT molecular complexity index is 36.7. The number of rotatable bonds is 0. The number of carboxylic acids is 1. The van der Waals surface area contributed by atoms with Crippen molar-refractivity contribution in [2.24, 2.45) is 0 Å². The standard InChI is InChI=1S/C2H4O2.2ClH.Ti/c1-2(3)4;;;/h1H3,(H,3,4);2*1H;/q;;;+3/p-3. The summed E-state index contributed by atoms with van der Waals surface area (Å²) in [5.74, 6) is -1.08. The topological polar surface area (TPSA) is 40.1 Å². The molecule has 0 aromatic heterocycles. The predicted octanol–water partition coefficient (Wildman–Crippen LogP) is -7.24. The molecule has 0 aromatic rings. The third-order valence-electron chi connectivity index (χ3n) is 0. The molecule has 0 aliphatic carbocycles. The van der Waals surface area contributed by atoms with Crippen LogP contribution in [0, 0.1) is 0 Å². The van der Waals surface area contributed by atoms with E-state index in [4.69, 9.17) is 9.90 Å². The zero-order chi connectivity index (χ0) is 3.58. The normalized spacial score (nSPS) is 3.57. The van der Waals surface area contributed by atoms with E-state index in [1.165, 1.54) is 0 Å². The van der Waals surface area contributed by atoms with E-state index in [0.717, 1.165) is 6.92 Å². The Labute approximate surface area is 69.4 Å². The van der Waals surface area contributed by atoms with Crippen LogP contribution in [0.25, 0.3) is 0 Å². The minimum Gasteiger partial charge on any atom is -1.00 e. The molecule has 0 amide bonds. The maximum Gasteiger partial charge on any atom is 3.00 e. The average Bonchev–Trinajstić information content (AvgIpc) is 0.811. The van der Waals surface area contributed by atoms with Gasteiger partial charge in [0, 0.05) is 5.97 Å². The van der Waals surface area contributed by atoms with Gasteiger partial charge in [-0.1, -0.05) is 0 Å². The molecule has 1 radical (unpaired) electrons. The zero-order valence-corrected chi connectivity index (χ0v) is 6.65. The van der Waals surface area contributed by atoms with Gasteiger partial charge in [0.2, 0.25) is 0 Å². The van der Waals surface area contributed by atoms with Crippen LogP contribution in [-0.2, 0) is 26.5 Å². The monoisotopic (exact) mass is 177 g/mol. The average molecular weight is 178 g/mol. The summed E-state index contributed by atoms with van der Waals surface area (Å²) in [6, 6.07) is 0. The number of halogens is 2. The SMILES string of the molecule is CC(=O)[O-].[Cl-].[Cl-].[Ti+3]. The summed E-state index contributed by atoms with van der Waals surface area (Å²) in [6.45, 7) is 0.972. The van der Waals surface area contributed by atoms with Crippen molar-refractivity contribution < 1.29 is 56.4 Å². The third-order valence-corrected chi connectivity index (χ3v) is 0. The van der Waals surface area contributed by atoms with E-state index in [9.17, 15) is 0 Å². The fraction of sp³-hybridized carbons (Fsp3) is 0.500. The van der Waals surface area contributed by atoms with Gasteiger partial charge in [-0.25, -0.2) is 0 Å². The van der Waals surface area contributed by atoms with E-state index in [1.54, 1.807) is 0 Å². The van der Waals surface area contributed by atoms with Crippen molar-refractivity contribution in [1.29, 1.82) is 0 Å². The van der Waals surface area contributed by atoms with Gasteiger partial charge in [0.15, 0.2) is 0 Å². The summed E-state index contributed by atoms with van der Waals surface area (Å²) in [4.78, 5) is 8.89. The van der Waals surface area contributed by atoms with Crippen molar-refractivity contribution in [3.63, 3.8) is 0 Å². The summed E-state index contributed by atoms with van der Waals surface area (Å²) >= 11 is 0. The molecular formula is C2H3Cl2O2Ti. The van der Waals surface area contributed by atoms with Gasteiger partial charge < -0.3 is 34.7 Å². The van der Waals surface area contributed by atoms with Crippen LogP contribution in [0.5, 0.6) is 0 Å². The number of hydrogen-bond acceptors (Lipinski definition) is 2. The Hall–Kier alpha value is 0.764. The van der Waals surface area contributed by atoms with E-state index in [0.29, 0.717) is 0 Å². The van der Waals surface area contributed by atoms with Crippen LogP contribution in [-0.4, -0.2) is 5.97 Å². The number of aliphatic carboxylic acids is 1. The molecule has 0 aromatic carbocycles. The van der Waals surface area contributed by atoms with E-state index in [1.807, 2.05) is 0 Å². The molecule has 41 valence electrons. The van der Waals surface area contributed by atoms with E-state index in [-0.39, 0.29) is 46.5 Å². The molecule has 0 heterocycles. The smallest absolute Gasteiger partial charge is 1.00 e. The van der Waals surface area contributed by atoms with Crippen LogP contribution in [0.4, 0.5) is 0 Å². The quantitative estimate of drug-likeness (QED) is 0.345. The van der Waals surface area contributed by atoms with Crippen molar-refractivity contribution in [2.75, 3.05) is 0 Å². The van der Waals surface area contributed by atoms with Crippen molar-refractivity contribution in [1.82, 2.24) is 0 Å². The van der Waals surface area contributed by atoms with Crippen molar-refractivity contribution in [3.8, 4) is 0 Å². The first-order valence-electron chi connectivity index (χ1n) is 0.908. The summed E-state index contributed by atoms with van der Waals surface area (Å²) in [5.41, 5.74) is 0. The third kappa shape index (κ3) is 263. The van der Waals surface area contributed by atoms with Gasteiger partial charge in [0.25, 0.3) is 0 Å². The second-order valence-electron chi connectivity index (χ2n) is 0.492. The second-order valence-corrected chi connectivity index (χ2v) is 0.492. The molecule has 2 nitrogen and oxygen atoms in total. The van der Waals surface area contributed by atoms with E-state index < -0.39 is 5.97 Å². The van der Waals surface area contributed by atoms with Gasteiger partial charge >= 0.3 is 21.7 Å². The van der Waals surface area contributed by atoms with E-state index >= 15 is 0 Å².